The van der Waals surface area contributed by atoms with Crippen molar-refractivity contribution in [2.45, 2.75) is 19.8 Å². The van der Waals surface area contributed by atoms with Crippen LogP contribution in [0.25, 0.3) is 0 Å². The zero-order valence-corrected chi connectivity index (χ0v) is 10.0. The molecule has 0 radical (unpaired) electrons. The molecule has 0 aromatic heterocycles. The van der Waals surface area contributed by atoms with E-state index in [2.05, 4.69) is 15.9 Å². The normalized spacial score (nSPS) is 19.3. The maximum absolute atomic E-state index is 11.8. The smallest absolute Gasteiger partial charge is 0.241 e. The van der Waals surface area contributed by atoms with Crippen molar-refractivity contribution in [3.8, 4) is 0 Å². The lowest BCUT2D eigenvalue weighted by atomic mass is 10.0. The minimum atomic E-state index is -0.233. The standard InChI is InChI=1S/C11H10BrNO2/c1-6-9-4-3-8(12)5-10(9)13(7(2)14)11(6)15/h3-6H,1-2H3. The van der Waals surface area contributed by atoms with E-state index in [0.717, 1.165) is 10.0 Å². The van der Waals surface area contributed by atoms with Crippen molar-refractivity contribution in [2.24, 2.45) is 0 Å². The van der Waals surface area contributed by atoms with E-state index in [1.54, 1.807) is 6.07 Å². The predicted molar refractivity (Wildman–Crippen MR) is 60.7 cm³/mol. The summed E-state index contributed by atoms with van der Waals surface area (Å²) < 4.78 is 0.870. The van der Waals surface area contributed by atoms with Gasteiger partial charge < -0.3 is 0 Å². The molecule has 15 heavy (non-hydrogen) atoms. The monoisotopic (exact) mass is 267 g/mol. The van der Waals surface area contributed by atoms with Crippen LogP contribution in [0, 0.1) is 0 Å². The molecule has 1 aromatic rings. The summed E-state index contributed by atoms with van der Waals surface area (Å²) in [7, 11) is 0. The highest BCUT2D eigenvalue weighted by atomic mass is 79.9. The lowest BCUT2D eigenvalue weighted by molar-refractivity contribution is -0.125. The van der Waals surface area contributed by atoms with Gasteiger partial charge in [0.25, 0.3) is 0 Å². The zero-order valence-electron chi connectivity index (χ0n) is 8.45. The first-order valence-electron chi connectivity index (χ1n) is 4.66. The van der Waals surface area contributed by atoms with Crippen LogP contribution in [0.5, 0.6) is 0 Å². The van der Waals surface area contributed by atoms with Crippen LogP contribution in [-0.2, 0) is 9.59 Å². The molecule has 0 N–H and O–H groups in total. The Morgan fingerprint density at radius 3 is 2.73 bits per heavy atom. The van der Waals surface area contributed by atoms with E-state index in [4.69, 9.17) is 0 Å². The average molecular weight is 268 g/mol. The number of hydrogen-bond donors (Lipinski definition) is 0. The molecular formula is C11H10BrNO2. The highest BCUT2D eigenvalue weighted by Gasteiger charge is 2.36. The van der Waals surface area contributed by atoms with Crippen molar-refractivity contribution in [3.63, 3.8) is 0 Å². The molecule has 4 heteroatoms. The number of rotatable bonds is 0. The molecule has 0 fully saturated rings. The van der Waals surface area contributed by atoms with Crippen molar-refractivity contribution < 1.29 is 9.59 Å². The maximum atomic E-state index is 11.8. The molecule has 1 aliphatic rings. The highest BCUT2D eigenvalue weighted by molar-refractivity contribution is 9.10. The van der Waals surface area contributed by atoms with Gasteiger partial charge >= 0.3 is 0 Å². The van der Waals surface area contributed by atoms with Gasteiger partial charge in [-0.3, -0.25) is 9.59 Å². The van der Waals surface area contributed by atoms with Gasteiger partial charge in [-0.2, -0.15) is 0 Å². The third-order valence-corrected chi connectivity index (χ3v) is 3.10. The van der Waals surface area contributed by atoms with Gasteiger partial charge in [0.15, 0.2) is 0 Å². The zero-order chi connectivity index (χ0) is 11.2. The number of carbonyl (C=O) groups is 2. The summed E-state index contributed by atoms with van der Waals surface area (Å²) in [6.45, 7) is 3.22. The number of carbonyl (C=O) groups excluding carboxylic acids is 2. The first kappa shape index (κ1) is 10.4. The van der Waals surface area contributed by atoms with Crippen LogP contribution in [0.4, 0.5) is 5.69 Å². The summed E-state index contributed by atoms with van der Waals surface area (Å²) in [5, 5.41) is 0. The molecule has 0 bridgehead atoms. The van der Waals surface area contributed by atoms with Crippen LogP contribution >= 0.6 is 15.9 Å². The second-order valence-electron chi connectivity index (χ2n) is 3.62. The van der Waals surface area contributed by atoms with Crippen molar-refractivity contribution in [2.75, 3.05) is 4.90 Å². The number of fused-ring (bicyclic) bond motifs is 1. The Balaban J connectivity index is 2.61. The third-order valence-electron chi connectivity index (χ3n) is 2.61. The molecule has 0 aliphatic carbocycles. The van der Waals surface area contributed by atoms with Crippen LogP contribution in [0.2, 0.25) is 0 Å². The Bertz CT molecular complexity index is 456. The SMILES string of the molecule is CC(=O)N1C(=O)C(C)c2ccc(Br)cc21. The predicted octanol–water partition coefficient (Wildman–Crippen LogP) is 2.45. The van der Waals surface area contributed by atoms with Crippen molar-refractivity contribution in [3.05, 3.63) is 28.2 Å². The fraction of sp³-hybridized carbons (Fsp3) is 0.273. The Morgan fingerprint density at radius 1 is 1.47 bits per heavy atom. The van der Waals surface area contributed by atoms with Gasteiger partial charge in [0.1, 0.15) is 0 Å². The topological polar surface area (TPSA) is 37.4 Å². The number of anilines is 1. The molecule has 1 aromatic carbocycles. The highest BCUT2D eigenvalue weighted by Crippen LogP contribution is 2.38. The Labute approximate surface area is 96.2 Å². The molecule has 2 rings (SSSR count). The minimum absolute atomic E-state index is 0.143. The molecule has 1 aliphatic heterocycles. The van der Waals surface area contributed by atoms with E-state index in [1.807, 2.05) is 19.1 Å². The van der Waals surface area contributed by atoms with E-state index >= 15 is 0 Å². The van der Waals surface area contributed by atoms with Gasteiger partial charge in [-0.15, -0.1) is 0 Å². The second-order valence-corrected chi connectivity index (χ2v) is 4.53. The molecule has 1 unspecified atom stereocenters. The largest absolute Gasteiger partial charge is 0.274 e. The minimum Gasteiger partial charge on any atom is -0.274 e. The van der Waals surface area contributed by atoms with Crippen molar-refractivity contribution in [1.82, 2.24) is 0 Å². The van der Waals surface area contributed by atoms with E-state index in [0.29, 0.717) is 5.69 Å². The van der Waals surface area contributed by atoms with Gasteiger partial charge in [-0.05, 0) is 24.6 Å². The summed E-state index contributed by atoms with van der Waals surface area (Å²) in [6, 6.07) is 5.56. The first-order valence-corrected chi connectivity index (χ1v) is 5.45. The summed E-state index contributed by atoms with van der Waals surface area (Å²) in [6.07, 6.45) is 0. The van der Waals surface area contributed by atoms with Crippen LogP contribution in [0.1, 0.15) is 25.3 Å². The van der Waals surface area contributed by atoms with Crippen LogP contribution in [-0.4, -0.2) is 11.8 Å². The first-order chi connectivity index (χ1) is 7.02. The van der Waals surface area contributed by atoms with Crippen LogP contribution < -0.4 is 4.90 Å². The Kier molecular flexibility index (Phi) is 2.38. The van der Waals surface area contributed by atoms with Crippen molar-refractivity contribution in [1.29, 1.82) is 0 Å². The van der Waals surface area contributed by atoms with E-state index < -0.39 is 0 Å². The molecule has 2 amide bonds. The van der Waals surface area contributed by atoms with Gasteiger partial charge in [-0.25, -0.2) is 4.90 Å². The number of nitrogens with zero attached hydrogens (tertiary/aromatic N) is 1. The summed E-state index contributed by atoms with van der Waals surface area (Å²) in [5.41, 5.74) is 1.62. The number of halogens is 1. The summed E-state index contributed by atoms with van der Waals surface area (Å²) >= 11 is 3.33. The van der Waals surface area contributed by atoms with Crippen LogP contribution in [0.3, 0.4) is 0 Å². The van der Waals surface area contributed by atoms with E-state index in [9.17, 15) is 9.59 Å². The lowest BCUT2D eigenvalue weighted by Gasteiger charge is -2.12. The maximum Gasteiger partial charge on any atom is 0.241 e. The Morgan fingerprint density at radius 2 is 2.13 bits per heavy atom. The quantitative estimate of drug-likeness (QED) is 0.724. The molecule has 0 saturated carbocycles. The molecule has 1 atom stereocenters. The number of imide groups is 1. The van der Waals surface area contributed by atoms with Gasteiger partial charge in [0.2, 0.25) is 11.8 Å². The average Bonchev–Trinajstić information content (AvgIpc) is 2.39. The molecule has 0 saturated heterocycles. The fourth-order valence-corrected chi connectivity index (χ4v) is 2.20. The number of benzene rings is 1. The number of amides is 2. The van der Waals surface area contributed by atoms with Gasteiger partial charge in [0.05, 0.1) is 11.6 Å². The summed E-state index contributed by atoms with van der Waals surface area (Å²) in [4.78, 5) is 24.4. The Hall–Kier alpha value is -1.16. The van der Waals surface area contributed by atoms with E-state index in [-0.39, 0.29) is 17.7 Å². The molecule has 0 spiro atoms. The summed E-state index contributed by atoms with van der Waals surface area (Å²) in [5.74, 6) is -0.601. The lowest BCUT2D eigenvalue weighted by Crippen LogP contribution is -2.32. The van der Waals surface area contributed by atoms with Gasteiger partial charge in [0, 0.05) is 11.4 Å². The molecular weight excluding hydrogens is 258 g/mol. The van der Waals surface area contributed by atoms with E-state index in [1.165, 1.54) is 11.8 Å². The fourth-order valence-electron chi connectivity index (χ4n) is 1.85. The van der Waals surface area contributed by atoms with Gasteiger partial charge in [-0.1, -0.05) is 22.0 Å². The third kappa shape index (κ3) is 1.49. The number of hydrogen-bond acceptors (Lipinski definition) is 2. The van der Waals surface area contributed by atoms with Crippen LogP contribution in [0.15, 0.2) is 22.7 Å². The van der Waals surface area contributed by atoms with Crippen molar-refractivity contribution >= 4 is 33.4 Å². The second kappa shape index (κ2) is 3.45. The molecule has 78 valence electrons. The molecule has 3 nitrogen and oxygen atoms in total. The molecule has 1 heterocycles.